The molecule has 8 nitrogen and oxygen atoms in total. The Morgan fingerprint density at radius 2 is 2.03 bits per heavy atom. The van der Waals surface area contributed by atoms with E-state index in [0.717, 1.165) is 48.7 Å². The lowest BCUT2D eigenvalue weighted by molar-refractivity contribution is -0.130. The van der Waals surface area contributed by atoms with Crippen molar-refractivity contribution in [2.75, 3.05) is 32.5 Å². The van der Waals surface area contributed by atoms with Crippen molar-refractivity contribution in [2.24, 2.45) is 20.8 Å². The molecule has 1 aliphatic carbocycles. The number of hydrazone groups is 1. The van der Waals surface area contributed by atoms with Gasteiger partial charge in [0.25, 0.3) is 10.0 Å². The molecule has 0 aromatic heterocycles. The van der Waals surface area contributed by atoms with Gasteiger partial charge in [0.2, 0.25) is 5.91 Å². The quantitative estimate of drug-likeness (QED) is 0.710. The van der Waals surface area contributed by atoms with Gasteiger partial charge < -0.3 is 9.64 Å². The molecule has 2 atom stereocenters. The summed E-state index contributed by atoms with van der Waals surface area (Å²) in [6.07, 6.45) is 5.21. The number of benzene rings is 1. The lowest BCUT2D eigenvalue weighted by atomic mass is 9.66. The van der Waals surface area contributed by atoms with Gasteiger partial charge in [-0.3, -0.25) is 4.79 Å². The second kappa shape index (κ2) is 7.62. The molecular weight excluding hydrogens is 416 g/mol. The molecule has 31 heavy (non-hydrogen) atoms. The standard InChI is InChI=1S/C22H28N4O4S/c1-25-20(27)9-8-19(23-25)17-4-6-18(7-5-17)30-15-22-10-2-3-16(13-22)14-26-11-12-31(28,29)24-21(22)26/h4-7,16H,2-3,8-15H2,1H3. The van der Waals surface area contributed by atoms with Crippen LogP contribution < -0.4 is 4.74 Å². The number of hydrogen-bond donors (Lipinski definition) is 0. The average molecular weight is 445 g/mol. The van der Waals surface area contributed by atoms with Crippen molar-refractivity contribution in [3.63, 3.8) is 0 Å². The van der Waals surface area contributed by atoms with Crippen LogP contribution in [0.2, 0.25) is 0 Å². The second-order valence-corrected chi connectivity index (χ2v) is 10.9. The number of sulfonamides is 1. The number of ether oxygens (including phenoxy) is 1. The molecule has 1 saturated heterocycles. The maximum atomic E-state index is 12.2. The zero-order valence-corrected chi connectivity index (χ0v) is 18.6. The molecule has 1 amide bonds. The van der Waals surface area contributed by atoms with Crippen LogP contribution in [0.15, 0.2) is 33.8 Å². The number of carbonyl (C=O) groups excluding carboxylic acids is 1. The van der Waals surface area contributed by atoms with Crippen molar-refractivity contribution in [1.82, 2.24) is 9.91 Å². The van der Waals surface area contributed by atoms with Crippen molar-refractivity contribution in [2.45, 2.75) is 38.5 Å². The average Bonchev–Trinajstić information content (AvgIpc) is 2.75. The van der Waals surface area contributed by atoms with Crippen LogP contribution >= 0.6 is 0 Å². The number of fused-ring (bicyclic) bond motifs is 4. The summed E-state index contributed by atoms with van der Waals surface area (Å²) in [6.45, 7) is 1.88. The Bertz CT molecular complexity index is 1050. The molecule has 0 N–H and O–H groups in total. The van der Waals surface area contributed by atoms with Gasteiger partial charge in [0.05, 0.1) is 16.9 Å². The Balaban J connectivity index is 1.34. The Labute approximate surface area is 183 Å². The summed E-state index contributed by atoms with van der Waals surface area (Å²) in [7, 11) is -1.71. The highest BCUT2D eigenvalue weighted by molar-refractivity contribution is 7.90. The van der Waals surface area contributed by atoms with Gasteiger partial charge in [0.15, 0.2) is 0 Å². The maximum Gasteiger partial charge on any atom is 0.256 e. The Kier molecular flexibility index (Phi) is 5.03. The minimum atomic E-state index is -3.39. The molecule has 2 bridgehead atoms. The predicted octanol–water partition coefficient (Wildman–Crippen LogP) is 2.26. The summed E-state index contributed by atoms with van der Waals surface area (Å²) < 4.78 is 34.9. The lowest BCUT2D eigenvalue weighted by Gasteiger charge is -2.51. The molecule has 3 heterocycles. The molecule has 0 spiro atoms. The van der Waals surface area contributed by atoms with Crippen LogP contribution in [0, 0.1) is 11.3 Å². The molecule has 2 unspecified atom stereocenters. The first-order valence-electron chi connectivity index (χ1n) is 11.0. The predicted molar refractivity (Wildman–Crippen MR) is 118 cm³/mol. The third-order valence-electron chi connectivity index (χ3n) is 6.95. The first kappa shape index (κ1) is 20.5. The molecule has 0 radical (unpaired) electrons. The molecule has 5 rings (SSSR count). The number of piperidine rings is 1. The normalized spacial score (nSPS) is 29.7. The first-order chi connectivity index (χ1) is 14.8. The molecule has 3 aliphatic heterocycles. The van der Waals surface area contributed by atoms with Crippen LogP contribution in [-0.2, 0) is 14.8 Å². The smallest absolute Gasteiger partial charge is 0.256 e. The first-order valence-corrected chi connectivity index (χ1v) is 12.6. The third-order valence-corrected chi connectivity index (χ3v) is 8.10. The molecule has 166 valence electrons. The minimum absolute atomic E-state index is 0.0305. The van der Waals surface area contributed by atoms with E-state index in [9.17, 15) is 13.2 Å². The SMILES string of the molecule is CN1N=C(c2ccc(OCC34CCCC(CN5CCS(=O)(=O)N=C53)C4)cc2)CCC1=O. The number of hydrogen-bond acceptors (Lipinski definition) is 6. The van der Waals surface area contributed by atoms with Gasteiger partial charge in [-0.15, -0.1) is 4.40 Å². The van der Waals surface area contributed by atoms with Crippen LogP contribution in [0.3, 0.4) is 0 Å². The van der Waals surface area contributed by atoms with Gasteiger partial charge in [-0.05, 0) is 55.0 Å². The van der Waals surface area contributed by atoms with Gasteiger partial charge in [-0.2, -0.15) is 5.10 Å². The number of amides is 1. The van der Waals surface area contributed by atoms with Crippen LogP contribution in [0.5, 0.6) is 5.75 Å². The molecule has 2 fully saturated rings. The van der Waals surface area contributed by atoms with E-state index in [-0.39, 0.29) is 17.1 Å². The molecule has 1 saturated carbocycles. The second-order valence-electron chi connectivity index (χ2n) is 9.17. The zero-order valence-electron chi connectivity index (χ0n) is 17.8. The fourth-order valence-corrected chi connectivity index (χ4v) is 6.48. The van der Waals surface area contributed by atoms with Crippen LogP contribution in [0.25, 0.3) is 0 Å². The Hall–Kier alpha value is -2.42. The number of carbonyl (C=O) groups is 1. The van der Waals surface area contributed by atoms with E-state index in [0.29, 0.717) is 31.9 Å². The van der Waals surface area contributed by atoms with Gasteiger partial charge in [0.1, 0.15) is 18.2 Å². The monoisotopic (exact) mass is 444 g/mol. The van der Waals surface area contributed by atoms with E-state index in [4.69, 9.17) is 4.74 Å². The Morgan fingerprint density at radius 1 is 1.23 bits per heavy atom. The summed E-state index contributed by atoms with van der Waals surface area (Å²) >= 11 is 0. The molecule has 9 heteroatoms. The minimum Gasteiger partial charge on any atom is -0.493 e. The van der Waals surface area contributed by atoms with Crippen molar-refractivity contribution >= 4 is 27.5 Å². The van der Waals surface area contributed by atoms with Crippen molar-refractivity contribution in [3.05, 3.63) is 29.8 Å². The number of nitrogens with zero attached hydrogens (tertiary/aromatic N) is 4. The largest absolute Gasteiger partial charge is 0.493 e. The molecule has 1 aromatic rings. The van der Waals surface area contributed by atoms with E-state index in [1.165, 1.54) is 11.4 Å². The maximum absolute atomic E-state index is 12.2. The fraction of sp³-hybridized carbons (Fsp3) is 0.591. The van der Waals surface area contributed by atoms with Crippen LogP contribution in [0.1, 0.15) is 44.1 Å². The van der Waals surface area contributed by atoms with Gasteiger partial charge in [0, 0.05) is 33.0 Å². The van der Waals surface area contributed by atoms with Crippen molar-refractivity contribution < 1.29 is 17.9 Å². The summed E-state index contributed by atoms with van der Waals surface area (Å²) in [5.74, 6) is 2.17. The highest BCUT2D eigenvalue weighted by atomic mass is 32.2. The fourth-order valence-electron chi connectivity index (χ4n) is 5.37. The summed E-state index contributed by atoms with van der Waals surface area (Å²) in [4.78, 5) is 13.8. The summed E-state index contributed by atoms with van der Waals surface area (Å²) in [5.41, 5.74) is 1.55. The molecule has 4 aliphatic rings. The van der Waals surface area contributed by atoms with E-state index in [2.05, 4.69) is 14.4 Å². The molecular formula is C22H28N4O4S. The number of rotatable bonds is 4. The highest BCUT2D eigenvalue weighted by Crippen LogP contribution is 2.46. The lowest BCUT2D eigenvalue weighted by Crippen LogP contribution is -2.59. The third kappa shape index (κ3) is 3.95. The molecule has 1 aromatic carbocycles. The van der Waals surface area contributed by atoms with Crippen molar-refractivity contribution in [3.8, 4) is 5.75 Å². The van der Waals surface area contributed by atoms with E-state index in [1.807, 2.05) is 24.3 Å². The number of amidine groups is 1. The van der Waals surface area contributed by atoms with Gasteiger partial charge in [-0.25, -0.2) is 13.4 Å². The van der Waals surface area contributed by atoms with Gasteiger partial charge in [-0.1, -0.05) is 6.42 Å². The van der Waals surface area contributed by atoms with Crippen molar-refractivity contribution in [1.29, 1.82) is 0 Å². The summed E-state index contributed by atoms with van der Waals surface area (Å²) in [5, 5.41) is 5.76. The Morgan fingerprint density at radius 3 is 2.81 bits per heavy atom. The van der Waals surface area contributed by atoms with E-state index >= 15 is 0 Å². The highest BCUT2D eigenvalue weighted by Gasteiger charge is 2.50. The van der Waals surface area contributed by atoms with Gasteiger partial charge >= 0.3 is 0 Å². The van der Waals surface area contributed by atoms with E-state index in [1.54, 1.807) is 7.05 Å². The van der Waals surface area contributed by atoms with E-state index < -0.39 is 10.0 Å². The topological polar surface area (TPSA) is 91.6 Å². The summed E-state index contributed by atoms with van der Waals surface area (Å²) in [6, 6.07) is 7.78. The van der Waals surface area contributed by atoms with Crippen LogP contribution in [0.4, 0.5) is 0 Å². The van der Waals surface area contributed by atoms with Crippen LogP contribution in [-0.4, -0.2) is 68.3 Å². The zero-order chi connectivity index (χ0) is 21.6.